The van der Waals surface area contributed by atoms with Crippen LogP contribution in [0, 0.1) is 17.8 Å². The Morgan fingerprint density at radius 1 is 1.00 bits per heavy atom. The predicted octanol–water partition coefficient (Wildman–Crippen LogP) is 5.20. The van der Waals surface area contributed by atoms with Gasteiger partial charge in [-0.3, -0.25) is 0 Å². The standard InChI is InChI=1S/C21H28F8O3/c1-18(27,16(26)15(25)14(24)13(23)9-22)21(31-3)11-4-10-5-12(21)8-20(6-10,7-11)32-17(30)19(2,28)29/h10-16H,4-9H2,1-3H3. The lowest BCUT2D eigenvalue weighted by atomic mass is 9.44. The third kappa shape index (κ3) is 3.79. The summed E-state index contributed by atoms with van der Waals surface area (Å²) in [4.78, 5) is 11.8. The van der Waals surface area contributed by atoms with Crippen molar-refractivity contribution in [3.8, 4) is 0 Å². The predicted molar refractivity (Wildman–Crippen MR) is 97.8 cm³/mol. The van der Waals surface area contributed by atoms with Gasteiger partial charge in [0.1, 0.15) is 17.9 Å². The molecule has 0 aliphatic heterocycles. The summed E-state index contributed by atoms with van der Waals surface area (Å²) in [5.74, 6) is -7.30. The molecule has 32 heavy (non-hydrogen) atoms. The van der Waals surface area contributed by atoms with Crippen molar-refractivity contribution in [2.45, 2.75) is 93.4 Å². The zero-order valence-corrected chi connectivity index (χ0v) is 18.0. The van der Waals surface area contributed by atoms with Crippen molar-refractivity contribution >= 4 is 5.97 Å². The molecule has 0 saturated heterocycles. The lowest BCUT2D eigenvalue weighted by molar-refractivity contribution is -0.299. The van der Waals surface area contributed by atoms with Crippen LogP contribution in [0.15, 0.2) is 0 Å². The average Bonchev–Trinajstić information content (AvgIpc) is 2.70. The van der Waals surface area contributed by atoms with Gasteiger partial charge in [0.05, 0.1) is 0 Å². The van der Waals surface area contributed by atoms with Crippen molar-refractivity contribution in [3.05, 3.63) is 0 Å². The van der Waals surface area contributed by atoms with Crippen LogP contribution in [0.5, 0.6) is 0 Å². The average molecular weight is 480 g/mol. The molecule has 4 aliphatic carbocycles. The van der Waals surface area contributed by atoms with Crippen molar-refractivity contribution in [2.24, 2.45) is 17.8 Å². The number of hydrogen-bond donors (Lipinski definition) is 0. The molecule has 0 aromatic heterocycles. The molecule has 4 bridgehead atoms. The molecule has 4 fully saturated rings. The first-order valence-corrected chi connectivity index (χ1v) is 10.6. The Bertz CT molecular complexity index is 696. The van der Waals surface area contributed by atoms with Crippen molar-refractivity contribution in [1.29, 1.82) is 0 Å². The fourth-order valence-corrected chi connectivity index (χ4v) is 6.60. The maximum absolute atomic E-state index is 16.1. The second kappa shape index (κ2) is 8.27. The molecule has 0 radical (unpaired) electrons. The Morgan fingerprint density at radius 3 is 1.97 bits per heavy atom. The largest absolute Gasteiger partial charge is 0.455 e. The van der Waals surface area contributed by atoms with E-state index in [1.807, 2.05) is 0 Å². The Balaban J connectivity index is 1.91. The van der Waals surface area contributed by atoms with E-state index in [2.05, 4.69) is 0 Å². The summed E-state index contributed by atoms with van der Waals surface area (Å²) in [6.07, 6.45) is -12.0. The van der Waals surface area contributed by atoms with Crippen LogP contribution in [0.4, 0.5) is 35.1 Å². The van der Waals surface area contributed by atoms with E-state index in [9.17, 15) is 31.1 Å². The number of esters is 1. The van der Waals surface area contributed by atoms with Crippen LogP contribution in [0.25, 0.3) is 0 Å². The summed E-state index contributed by atoms with van der Waals surface area (Å²) in [5, 5.41) is 0. The molecule has 0 spiro atoms. The van der Waals surface area contributed by atoms with Crippen LogP contribution in [-0.4, -0.2) is 67.2 Å². The zero-order valence-electron chi connectivity index (χ0n) is 18.0. The van der Waals surface area contributed by atoms with Gasteiger partial charge in [0.2, 0.25) is 0 Å². The normalized spacial score (nSPS) is 39.8. The molecule has 7 unspecified atom stereocenters. The molecule has 4 rings (SSSR count). The van der Waals surface area contributed by atoms with Crippen molar-refractivity contribution < 1.29 is 49.4 Å². The van der Waals surface area contributed by atoms with Gasteiger partial charge < -0.3 is 9.47 Å². The number of carbonyl (C=O) groups is 1. The van der Waals surface area contributed by atoms with Crippen molar-refractivity contribution in [1.82, 2.24) is 0 Å². The zero-order chi connectivity index (χ0) is 24.3. The van der Waals surface area contributed by atoms with E-state index in [0.717, 1.165) is 7.11 Å². The monoisotopic (exact) mass is 480 g/mol. The third-order valence-electron chi connectivity index (χ3n) is 7.71. The quantitative estimate of drug-likeness (QED) is 0.336. The summed E-state index contributed by atoms with van der Waals surface area (Å²) in [6, 6.07) is 0. The van der Waals surface area contributed by atoms with Gasteiger partial charge in [-0.05, 0) is 56.8 Å². The van der Waals surface area contributed by atoms with Gasteiger partial charge in [0.15, 0.2) is 30.4 Å². The van der Waals surface area contributed by atoms with Gasteiger partial charge in [-0.2, -0.15) is 8.78 Å². The molecule has 0 heterocycles. The first-order valence-electron chi connectivity index (χ1n) is 10.6. The molecule has 186 valence electrons. The van der Waals surface area contributed by atoms with E-state index < -0.39 is 72.0 Å². The van der Waals surface area contributed by atoms with Gasteiger partial charge in [0.25, 0.3) is 0 Å². The fraction of sp³-hybridized carbons (Fsp3) is 0.952. The number of alkyl halides is 8. The Morgan fingerprint density at radius 2 is 1.53 bits per heavy atom. The number of ether oxygens (including phenoxy) is 2. The molecule has 7 atom stereocenters. The summed E-state index contributed by atoms with van der Waals surface area (Å²) in [7, 11) is 1.09. The number of halogens is 8. The lowest BCUT2D eigenvalue weighted by Crippen LogP contribution is -2.74. The number of carbonyl (C=O) groups excluding carboxylic acids is 1. The smallest absolute Gasteiger partial charge is 0.377 e. The van der Waals surface area contributed by atoms with Crippen LogP contribution in [0.3, 0.4) is 0 Å². The van der Waals surface area contributed by atoms with Gasteiger partial charge in [-0.1, -0.05) is 0 Å². The molecule has 3 nitrogen and oxygen atoms in total. The Labute approximate surface area is 181 Å². The van der Waals surface area contributed by atoms with Gasteiger partial charge in [0, 0.05) is 14.0 Å². The molecule has 11 heteroatoms. The maximum Gasteiger partial charge on any atom is 0.377 e. The highest BCUT2D eigenvalue weighted by Crippen LogP contribution is 2.66. The maximum atomic E-state index is 16.1. The highest BCUT2D eigenvalue weighted by molar-refractivity contribution is 5.77. The molecule has 0 aromatic carbocycles. The van der Waals surface area contributed by atoms with E-state index in [-0.39, 0.29) is 38.0 Å². The Hall–Kier alpha value is -1.13. The minimum atomic E-state index is -3.74. The lowest BCUT2D eigenvalue weighted by Gasteiger charge is -2.66. The van der Waals surface area contributed by atoms with E-state index in [1.54, 1.807) is 0 Å². The summed E-state index contributed by atoms with van der Waals surface area (Å²) >= 11 is 0. The molecular formula is C21H28F8O3. The van der Waals surface area contributed by atoms with Gasteiger partial charge >= 0.3 is 11.9 Å². The Kier molecular flexibility index (Phi) is 6.59. The third-order valence-corrected chi connectivity index (χ3v) is 7.71. The summed E-state index contributed by atoms with van der Waals surface area (Å²) in [6.45, 7) is -0.800. The van der Waals surface area contributed by atoms with E-state index in [4.69, 9.17) is 9.47 Å². The van der Waals surface area contributed by atoms with Crippen LogP contribution in [0.1, 0.15) is 46.0 Å². The van der Waals surface area contributed by atoms with Gasteiger partial charge in [-0.25, -0.2) is 31.1 Å². The summed E-state index contributed by atoms with van der Waals surface area (Å²) in [5.41, 5.74) is -6.46. The topological polar surface area (TPSA) is 35.5 Å². The first-order chi connectivity index (χ1) is 14.6. The van der Waals surface area contributed by atoms with Crippen LogP contribution in [0.2, 0.25) is 0 Å². The van der Waals surface area contributed by atoms with E-state index in [0.29, 0.717) is 13.8 Å². The van der Waals surface area contributed by atoms with Crippen LogP contribution < -0.4 is 0 Å². The highest BCUT2D eigenvalue weighted by atomic mass is 19.3. The fourth-order valence-electron chi connectivity index (χ4n) is 6.60. The second-order valence-electron chi connectivity index (χ2n) is 9.84. The van der Waals surface area contributed by atoms with Gasteiger partial charge in [-0.15, -0.1) is 0 Å². The molecule has 0 N–H and O–H groups in total. The van der Waals surface area contributed by atoms with E-state index >= 15 is 8.78 Å². The minimum Gasteiger partial charge on any atom is -0.455 e. The first kappa shape index (κ1) is 25.5. The molecular weight excluding hydrogens is 452 g/mol. The van der Waals surface area contributed by atoms with Crippen molar-refractivity contribution in [2.75, 3.05) is 13.8 Å². The highest BCUT2D eigenvalue weighted by Gasteiger charge is 2.73. The molecule has 4 aliphatic rings. The van der Waals surface area contributed by atoms with Crippen molar-refractivity contribution in [3.63, 3.8) is 0 Å². The van der Waals surface area contributed by atoms with Crippen LogP contribution in [-0.2, 0) is 14.3 Å². The molecule has 0 aromatic rings. The molecule has 0 amide bonds. The SMILES string of the molecule is COC1(C(C)(F)C(F)C(F)C(F)C(F)CF)C2CC3CC1CC(OC(=O)C(C)(F)F)(C3)C2. The second-order valence-corrected chi connectivity index (χ2v) is 9.84. The number of hydrogen-bond acceptors (Lipinski definition) is 3. The van der Waals surface area contributed by atoms with Crippen LogP contribution >= 0.6 is 0 Å². The minimum absolute atomic E-state index is 0.117. The summed E-state index contributed by atoms with van der Waals surface area (Å²) < 4.78 is 123. The van der Waals surface area contributed by atoms with E-state index in [1.165, 1.54) is 0 Å². The molecule has 4 saturated carbocycles. The number of rotatable bonds is 9. The number of methoxy groups -OCH3 is 1.